The summed E-state index contributed by atoms with van der Waals surface area (Å²) in [5.41, 5.74) is 5.18. The second-order valence-electron chi connectivity index (χ2n) is 3.11. The first-order valence-electron chi connectivity index (χ1n) is 3.95. The summed E-state index contributed by atoms with van der Waals surface area (Å²) in [5, 5.41) is 0. The molecule has 0 aliphatic heterocycles. The largest absolute Gasteiger partial charge is 0.380 e. The molecular formula is C8H19NO2. The molecule has 0 fully saturated rings. The summed E-state index contributed by atoms with van der Waals surface area (Å²) in [6, 6.07) is 0. The molecule has 0 heterocycles. The lowest BCUT2D eigenvalue weighted by atomic mass is 10.1. The molecule has 3 heteroatoms. The van der Waals surface area contributed by atoms with Gasteiger partial charge in [-0.2, -0.15) is 0 Å². The molecule has 0 atom stereocenters. The van der Waals surface area contributed by atoms with E-state index in [0.29, 0.717) is 13.2 Å². The lowest BCUT2D eigenvalue weighted by molar-refractivity contribution is -0.00882. The van der Waals surface area contributed by atoms with Gasteiger partial charge in [0, 0.05) is 20.3 Å². The first kappa shape index (κ1) is 10.9. The Kier molecular flexibility index (Phi) is 5.46. The van der Waals surface area contributed by atoms with Crippen molar-refractivity contribution in [1.82, 2.24) is 0 Å². The third-order valence-electron chi connectivity index (χ3n) is 1.66. The number of rotatable bonds is 6. The van der Waals surface area contributed by atoms with Crippen LogP contribution in [0.3, 0.4) is 0 Å². The molecule has 0 spiro atoms. The minimum absolute atomic E-state index is 0.0748. The molecule has 11 heavy (non-hydrogen) atoms. The lowest BCUT2D eigenvalue weighted by Crippen LogP contribution is -2.25. The first-order chi connectivity index (χ1) is 5.12. The number of methoxy groups -OCH3 is 1. The van der Waals surface area contributed by atoms with Gasteiger partial charge in [0.25, 0.3) is 0 Å². The van der Waals surface area contributed by atoms with Crippen molar-refractivity contribution < 1.29 is 9.47 Å². The van der Waals surface area contributed by atoms with Crippen LogP contribution in [0.5, 0.6) is 0 Å². The highest BCUT2D eigenvalue weighted by atomic mass is 16.5. The van der Waals surface area contributed by atoms with Crippen LogP contribution in [0.2, 0.25) is 0 Å². The highest BCUT2D eigenvalue weighted by Crippen LogP contribution is 2.11. The summed E-state index contributed by atoms with van der Waals surface area (Å²) in [4.78, 5) is 0. The summed E-state index contributed by atoms with van der Waals surface area (Å²) < 4.78 is 10.4. The topological polar surface area (TPSA) is 44.5 Å². The summed E-state index contributed by atoms with van der Waals surface area (Å²) >= 11 is 0. The molecule has 0 aromatic heterocycles. The molecule has 0 saturated heterocycles. The van der Waals surface area contributed by atoms with Gasteiger partial charge in [-0.1, -0.05) is 0 Å². The zero-order valence-electron chi connectivity index (χ0n) is 7.72. The Balaban J connectivity index is 3.23. The molecule has 68 valence electrons. The lowest BCUT2D eigenvalue weighted by Gasteiger charge is -2.22. The standard InChI is InChI=1S/C8H19NO2/c1-8(2,10-3)4-6-11-7-5-9/h4-7,9H2,1-3H3. The van der Waals surface area contributed by atoms with E-state index < -0.39 is 0 Å². The zero-order chi connectivity index (χ0) is 8.74. The number of ether oxygens (including phenoxy) is 2. The third-order valence-corrected chi connectivity index (χ3v) is 1.66. The van der Waals surface area contributed by atoms with Gasteiger partial charge < -0.3 is 15.2 Å². The Morgan fingerprint density at radius 3 is 2.36 bits per heavy atom. The molecule has 0 aliphatic carbocycles. The molecule has 0 aliphatic rings. The van der Waals surface area contributed by atoms with Gasteiger partial charge in [0.05, 0.1) is 12.2 Å². The molecule has 0 rings (SSSR count). The van der Waals surface area contributed by atoms with E-state index in [2.05, 4.69) is 0 Å². The van der Waals surface area contributed by atoms with Crippen LogP contribution in [-0.4, -0.2) is 32.5 Å². The number of hydrogen-bond donors (Lipinski definition) is 1. The van der Waals surface area contributed by atoms with E-state index >= 15 is 0 Å². The van der Waals surface area contributed by atoms with E-state index in [1.54, 1.807) is 7.11 Å². The van der Waals surface area contributed by atoms with Gasteiger partial charge in [0.2, 0.25) is 0 Å². The molecule has 3 nitrogen and oxygen atoms in total. The van der Waals surface area contributed by atoms with Crippen molar-refractivity contribution in [3.63, 3.8) is 0 Å². The van der Waals surface area contributed by atoms with Gasteiger partial charge in [0.1, 0.15) is 0 Å². The second-order valence-corrected chi connectivity index (χ2v) is 3.11. The molecule has 0 aromatic carbocycles. The van der Waals surface area contributed by atoms with Gasteiger partial charge in [-0.05, 0) is 20.3 Å². The quantitative estimate of drug-likeness (QED) is 0.585. The van der Waals surface area contributed by atoms with Crippen LogP contribution in [0, 0.1) is 0 Å². The Labute approximate surface area is 68.9 Å². The maximum Gasteiger partial charge on any atom is 0.0644 e. The van der Waals surface area contributed by atoms with Crippen molar-refractivity contribution in [1.29, 1.82) is 0 Å². The predicted octanol–water partition coefficient (Wildman–Crippen LogP) is 0.777. The predicted molar refractivity (Wildman–Crippen MR) is 45.6 cm³/mol. The average molecular weight is 161 g/mol. The van der Waals surface area contributed by atoms with Crippen molar-refractivity contribution >= 4 is 0 Å². The second kappa shape index (κ2) is 5.52. The minimum atomic E-state index is -0.0748. The first-order valence-corrected chi connectivity index (χ1v) is 3.95. The molecule has 0 saturated carbocycles. The maximum absolute atomic E-state index is 5.25. The third kappa shape index (κ3) is 6.28. The SMILES string of the molecule is COC(C)(C)CCOCCN. The fourth-order valence-electron chi connectivity index (χ4n) is 0.605. The van der Waals surface area contributed by atoms with Crippen LogP contribution in [0.15, 0.2) is 0 Å². The summed E-state index contributed by atoms with van der Waals surface area (Å²) in [5.74, 6) is 0. The van der Waals surface area contributed by atoms with E-state index in [1.807, 2.05) is 13.8 Å². The number of nitrogens with two attached hydrogens (primary N) is 1. The van der Waals surface area contributed by atoms with Gasteiger partial charge in [-0.3, -0.25) is 0 Å². The van der Waals surface area contributed by atoms with Gasteiger partial charge in [-0.15, -0.1) is 0 Å². The molecule has 0 unspecified atom stereocenters. The molecule has 0 amide bonds. The number of hydrogen-bond acceptors (Lipinski definition) is 3. The zero-order valence-corrected chi connectivity index (χ0v) is 7.72. The van der Waals surface area contributed by atoms with Crippen LogP contribution in [-0.2, 0) is 9.47 Å². The normalized spacial score (nSPS) is 12.0. The maximum atomic E-state index is 5.25. The van der Waals surface area contributed by atoms with Crippen LogP contribution in [0.4, 0.5) is 0 Å². The van der Waals surface area contributed by atoms with Crippen molar-refractivity contribution in [2.75, 3.05) is 26.9 Å². The Morgan fingerprint density at radius 2 is 1.91 bits per heavy atom. The Morgan fingerprint density at radius 1 is 1.27 bits per heavy atom. The minimum Gasteiger partial charge on any atom is -0.380 e. The summed E-state index contributed by atoms with van der Waals surface area (Å²) in [6.45, 7) is 6.03. The summed E-state index contributed by atoms with van der Waals surface area (Å²) in [7, 11) is 1.71. The highest BCUT2D eigenvalue weighted by Gasteiger charge is 2.14. The van der Waals surface area contributed by atoms with Gasteiger partial charge in [-0.25, -0.2) is 0 Å². The fourth-order valence-corrected chi connectivity index (χ4v) is 0.605. The van der Waals surface area contributed by atoms with Gasteiger partial charge >= 0.3 is 0 Å². The smallest absolute Gasteiger partial charge is 0.0644 e. The molecule has 0 bridgehead atoms. The Bertz CT molecular complexity index is 94.1. The van der Waals surface area contributed by atoms with Crippen molar-refractivity contribution in [3.05, 3.63) is 0 Å². The monoisotopic (exact) mass is 161 g/mol. The van der Waals surface area contributed by atoms with E-state index in [0.717, 1.165) is 13.0 Å². The van der Waals surface area contributed by atoms with Crippen molar-refractivity contribution in [2.24, 2.45) is 5.73 Å². The molecule has 0 aromatic rings. The molecular weight excluding hydrogens is 142 g/mol. The van der Waals surface area contributed by atoms with E-state index in [-0.39, 0.29) is 5.60 Å². The summed E-state index contributed by atoms with van der Waals surface area (Å²) in [6.07, 6.45) is 0.906. The van der Waals surface area contributed by atoms with Crippen molar-refractivity contribution in [3.8, 4) is 0 Å². The fraction of sp³-hybridized carbons (Fsp3) is 1.00. The molecule has 2 N–H and O–H groups in total. The van der Waals surface area contributed by atoms with Crippen LogP contribution >= 0.6 is 0 Å². The molecule has 0 radical (unpaired) electrons. The average Bonchev–Trinajstić information content (AvgIpc) is 1.99. The van der Waals surface area contributed by atoms with E-state index in [4.69, 9.17) is 15.2 Å². The van der Waals surface area contributed by atoms with E-state index in [9.17, 15) is 0 Å². The van der Waals surface area contributed by atoms with Crippen LogP contribution in [0.25, 0.3) is 0 Å². The van der Waals surface area contributed by atoms with Crippen molar-refractivity contribution in [2.45, 2.75) is 25.9 Å². The highest BCUT2D eigenvalue weighted by molar-refractivity contribution is 4.66. The van der Waals surface area contributed by atoms with Crippen LogP contribution < -0.4 is 5.73 Å². The van der Waals surface area contributed by atoms with Crippen LogP contribution in [0.1, 0.15) is 20.3 Å². The van der Waals surface area contributed by atoms with E-state index in [1.165, 1.54) is 0 Å². The van der Waals surface area contributed by atoms with Gasteiger partial charge in [0.15, 0.2) is 0 Å². The Hall–Kier alpha value is -0.120.